The molecule has 0 aromatic heterocycles. The number of amides is 1. The van der Waals surface area contributed by atoms with Crippen molar-refractivity contribution in [2.24, 2.45) is 0 Å². The lowest BCUT2D eigenvalue weighted by Gasteiger charge is -2.33. The topological polar surface area (TPSA) is 113 Å². The van der Waals surface area contributed by atoms with Crippen LogP contribution in [0.3, 0.4) is 0 Å². The standard InChI is InChI=1S/C21H27N3O5S2/c1-2-15-30(26,27)24-14-7-6-13-20(24)21(25)22-17-9-8-10-18(16-17)23-31(28,29)19-11-4-3-5-12-19/h3-5,8-12,16,20,23H,2,6-7,13-15H2,1H3,(H,22,25). The van der Waals surface area contributed by atoms with Gasteiger partial charge in [-0.1, -0.05) is 37.6 Å². The lowest BCUT2D eigenvalue weighted by molar-refractivity contribution is -0.120. The molecule has 8 nitrogen and oxygen atoms in total. The first-order valence-electron chi connectivity index (χ1n) is 10.2. The second-order valence-electron chi connectivity index (χ2n) is 7.43. The van der Waals surface area contributed by atoms with Crippen molar-refractivity contribution in [2.75, 3.05) is 22.3 Å². The van der Waals surface area contributed by atoms with E-state index >= 15 is 0 Å². The van der Waals surface area contributed by atoms with Crippen molar-refractivity contribution >= 4 is 37.3 Å². The van der Waals surface area contributed by atoms with Crippen molar-refractivity contribution in [1.29, 1.82) is 0 Å². The number of benzene rings is 2. The van der Waals surface area contributed by atoms with Crippen molar-refractivity contribution in [3.05, 3.63) is 54.6 Å². The molecule has 1 atom stereocenters. The van der Waals surface area contributed by atoms with Crippen LogP contribution in [0.2, 0.25) is 0 Å². The highest BCUT2D eigenvalue weighted by atomic mass is 32.2. The van der Waals surface area contributed by atoms with Crippen LogP contribution < -0.4 is 10.0 Å². The average molecular weight is 466 g/mol. The SMILES string of the molecule is CCCS(=O)(=O)N1CCCCC1C(=O)Nc1cccc(NS(=O)(=O)c2ccccc2)c1. The Hall–Kier alpha value is -2.43. The fourth-order valence-corrected chi connectivity index (χ4v) is 6.39. The number of anilines is 2. The first-order chi connectivity index (χ1) is 14.7. The minimum Gasteiger partial charge on any atom is -0.325 e. The Morgan fingerprint density at radius 2 is 1.71 bits per heavy atom. The summed E-state index contributed by atoms with van der Waals surface area (Å²) in [5.41, 5.74) is 0.678. The van der Waals surface area contributed by atoms with E-state index in [2.05, 4.69) is 10.0 Å². The number of rotatable bonds is 8. The van der Waals surface area contributed by atoms with Gasteiger partial charge in [-0.25, -0.2) is 16.8 Å². The van der Waals surface area contributed by atoms with E-state index in [1.54, 1.807) is 43.3 Å². The average Bonchev–Trinajstić information content (AvgIpc) is 2.74. The second kappa shape index (κ2) is 9.80. The van der Waals surface area contributed by atoms with Crippen LogP contribution in [0.15, 0.2) is 59.5 Å². The molecule has 1 saturated heterocycles. The van der Waals surface area contributed by atoms with Crippen LogP contribution in [0.25, 0.3) is 0 Å². The smallest absolute Gasteiger partial charge is 0.261 e. The minimum atomic E-state index is -3.76. The van der Waals surface area contributed by atoms with Crippen molar-refractivity contribution in [3.8, 4) is 0 Å². The summed E-state index contributed by atoms with van der Waals surface area (Å²) in [5.74, 6) is -0.407. The molecule has 168 valence electrons. The Labute approximate surface area is 183 Å². The predicted molar refractivity (Wildman–Crippen MR) is 121 cm³/mol. The highest BCUT2D eigenvalue weighted by Gasteiger charge is 2.36. The Kier molecular flexibility index (Phi) is 7.34. The van der Waals surface area contributed by atoms with Gasteiger partial charge in [-0.05, 0) is 49.6 Å². The third-order valence-corrected chi connectivity index (χ3v) is 8.48. The molecule has 1 amide bonds. The van der Waals surface area contributed by atoms with Gasteiger partial charge < -0.3 is 5.32 Å². The van der Waals surface area contributed by atoms with Gasteiger partial charge in [0.2, 0.25) is 15.9 Å². The van der Waals surface area contributed by atoms with Gasteiger partial charge in [0.05, 0.1) is 16.3 Å². The zero-order valence-corrected chi connectivity index (χ0v) is 19.0. The molecule has 2 aromatic carbocycles. The van der Waals surface area contributed by atoms with Gasteiger partial charge in [-0.15, -0.1) is 0 Å². The van der Waals surface area contributed by atoms with Crippen molar-refractivity contribution in [3.63, 3.8) is 0 Å². The number of hydrogen-bond acceptors (Lipinski definition) is 5. The summed E-state index contributed by atoms with van der Waals surface area (Å²) >= 11 is 0. The highest BCUT2D eigenvalue weighted by Crippen LogP contribution is 2.24. The summed E-state index contributed by atoms with van der Waals surface area (Å²) < 4.78 is 54.0. The molecule has 0 aliphatic carbocycles. The number of carbonyl (C=O) groups is 1. The third-order valence-electron chi connectivity index (χ3n) is 5.01. The van der Waals surface area contributed by atoms with Crippen molar-refractivity contribution in [1.82, 2.24) is 4.31 Å². The molecular formula is C21H27N3O5S2. The molecule has 3 rings (SSSR count). The zero-order chi connectivity index (χ0) is 22.5. The fraction of sp³-hybridized carbons (Fsp3) is 0.381. The van der Waals surface area contributed by atoms with Crippen LogP contribution in [0.5, 0.6) is 0 Å². The quantitative estimate of drug-likeness (QED) is 0.622. The summed E-state index contributed by atoms with van der Waals surface area (Å²) in [6, 6.07) is 13.5. The molecule has 0 saturated carbocycles. The van der Waals surface area contributed by atoms with E-state index in [4.69, 9.17) is 0 Å². The lowest BCUT2D eigenvalue weighted by Crippen LogP contribution is -2.50. The van der Waals surface area contributed by atoms with Gasteiger partial charge in [0.15, 0.2) is 0 Å². The number of sulfonamides is 2. The van der Waals surface area contributed by atoms with Crippen molar-refractivity contribution in [2.45, 2.75) is 43.5 Å². The maximum Gasteiger partial charge on any atom is 0.261 e. The van der Waals surface area contributed by atoms with E-state index < -0.39 is 32.0 Å². The van der Waals surface area contributed by atoms with Gasteiger partial charge >= 0.3 is 0 Å². The molecule has 1 unspecified atom stereocenters. The van der Waals surface area contributed by atoms with Gasteiger partial charge in [0, 0.05) is 12.2 Å². The molecule has 1 aliphatic rings. The summed E-state index contributed by atoms with van der Waals surface area (Å²) in [6.07, 6.45) is 2.43. The van der Waals surface area contributed by atoms with Crippen LogP contribution in [0, 0.1) is 0 Å². The molecule has 31 heavy (non-hydrogen) atoms. The van der Waals surface area contributed by atoms with E-state index in [1.807, 2.05) is 0 Å². The molecule has 1 heterocycles. The molecule has 0 bridgehead atoms. The molecular weight excluding hydrogens is 438 g/mol. The maximum absolute atomic E-state index is 12.9. The predicted octanol–water partition coefficient (Wildman–Crippen LogP) is 3.02. The van der Waals surface area contributed by atoms with Gasteiger partial charge in [0.25, 0.3) is 10.0 Å². The minimum absolute atomic E-state index is 0.00747. The second-order valence-corrected chi connectivity index (χ2v) is 11.2. The Morgan fingerprint density at radius 3 is 2.42 bits per heavy atom. The highest BCUT2D eigenvalue weighted by molar-refractivity contribution is 7.92. The number of nitrogens with one attached hydrogen (secondary N) is 2. The number of nitrogens with zero attached hydrogens (tertiary/aromatic N) is 1. The number of carbonyl (C=O) groups excluding carboxylic acids is 1. The zero-order valence-electron chi connectivity index (χ0n) is 17.3. The largest absolute Gasteiger partial charge is 0.325 e. The molecule has 0 spiro atoms. The first-order valence-corrected chi connectivity index (χ1v) is 13.3. The van der Waals surface area contributed by atoms with Crippen LogP contribution in [0.1, 0.15) is 32.6 Å². The van der Waals surface area contributed by atoms with Crippen molar-refractivity contribution < 1.29 is 21.6 Å². The number of piperidine rings is 1. The third kappa shape index (κ3) is 5.84. The molecule has 0 radical (unpaired) electrons. The Morgan fingerprint density at radius 1 is 1.00 bits per heavy atom. The van der Waals surface area contributed by atoms with E-state index in [1.165, 1.54) is 22.5 Å². The normalized spacial score (nSPS) is 17.8. The summed E-state index contributed by atoms with van der Waals surface area (Å²) in [6.45, 7) is 2.12. The Balaban J connectivity index is 1.75. The molecule has 2 N–H and O–H groups in total. The molecule has 1 fully saturated rings. The summed E-state index contributed by atoms with van der Waals surface area (Å²) in [7, 11) is -7.27. The van der Waals surface area contributed by atoms with Crippen LogP contribution in [-0.4, -0.2) is 45.4 Å². The fourth-order valence-electron chi connectivity index (χ4n) is 3.57. The number of hydrogen-bond donors (Lipinski definition) is 2. The molecule has 1 aliphatic heterocycles. The lowest BCUT2D eigenvalue weighted by atomic mass is 10.0. The maximum atomic E-state index is 12.9. The summed E-state index contributed by atoms with van der Waals surface area (Å²) in [4.78, 5) is 13.0. The van der Waals surface area contributed by atoms with E-state index in [-0.39, 0.29) is 10.6 Å². The van der Waals surface area contributed by atoms with E-state index in [0.717, 1.165) is 12.8 Å². The molecule has 2 aromatic rings. The van der Waals surface area contributed by atoms with Gasteiger partial charge in [-0.3, -0.25) is 9.52 Å². The van der Waals surface area contributed by atoms with Crippen LogP contribution in [-0.2, 0) is 24.8 Å². The summed E-state index contributed by atoms with van der Waals surface area (Å²) in [5, 5.41) is 2.74. The van der Waals surface area contributed by atoms with Crippen LogP contribution >= 0.6 is 0 Å². The van der Waals surface area contributed by atoms with Gasteiger partial charge in [0.1, 0.15) is 6.04 Å². The molecule has 10 heteroatoms. The van der Waals surface area contributed by atoms with Crippen LogP contribution in [0.4, 0.5) is 11.4 Å². The van der Waals surface area contributed by atoms with Gasteiger partial charge in [-0.2, -0.15) is 4.31 Å². The monoisotopic (exact) mass is 465 g/mol. The first kappa shape index (κ1) is 23.2. The Bertz CT molecular complexity index is 1120. The van der Waals surface area contributed by atoms with E-state index in [0.29, 0.717) is 30.8 Å². The van der Waals surface area contributed by atoms with E-state index in [9.17, 15) is 21.6 Å².